The molecule has 1 aliphatic heterocycles. The van der Waals surface area contributed by atoms with Crippen LogP contribution >= 0.6 is 0 Å². The maximum absolute atomic E-state index is 5.53. The molecule has 0 saturated carbocycles. The molecule has 1 aliphatic rings. The van der Waals surface area contributed by atoms with Gasteiger partial charge < -0.3 is 14.2 Å². The number of fused-ring (bicyclic) bond motifs is 4. The van der Waals surface area contributed by atoms with Gasteiger partial charge in [0.25, 0.3) is 0 Å². The van der Waals surface area contributed by atoms with E-state index in [-0.39, 0.29) is 0 Å². The number of benzene rings is 2. The van der Waals surface area contributed by atoms with Crippen molar-refractivity contribution in [2.75, 3.05) is 31.2 Å². The van der Waals surface area contributed by atoms with Gasteiger partial charge >= 0.3 is 0 Å². The third kappa shape index (κ3) is 3.11. The molecule has 6 rings (SSSR count). The number of aryl methyl sites for hydroxylation is 3. The fourth-order valence-corrected chi connectivity index (χ4v) is 4.35. The monoisotopic (exact) mass is 413 g/mol. The van der Waals surface area contributed by atoms with Crippen molar-refractivity contribution >= 4 is 33.5 Å². The minimum Gasteiger partial charge on any atom is -0.378 e. The molecule has 0 spiro atoms. The van der Waals surface area contributed by atoms with E-state index in [1.54, 1.807) is 0 Å². The lowest BCUT2D eigenvalue weighted by Gasteiger charge is -2.27. The molecule has 156 valence electrons. The summed E-state index contributed by atoms with van der Waals surface area (Å²) in [6.07, 6.45) is 0.722. The fourth-order valence-electron chi connectivity index (χ4n) is 4.35. The molecule has 8 nitrogen and oxygen atoms in total. The number of rotatable bonds is 4. The first-order chi connectivity index (χ1) is 15.3. The standard InChI is InChI=1S/C23H23N7O/c1-16-24-19-8-4-5-9-20(19)29(16)11-10-21-26-22-17-6-2-3-7-18(17)25-23(30(22)27-21)28-12-14-31-15-13-28/h2-9H,10-15H2,1H3. The summed E-state index contributed by atoms with van der Waals surface area (Å²) in [5.41, 5.74) is 3.96. The van der Waals surface area contributed by atoms with Crippen molar-refractivity contribution < 1.29 is 4.74 Å². The first-order valence-electron chi connectivity index (χ1n) is 10.7. The summed E-state index contributed by atoms with van der Waals surface area (Å²) in [7, 11) is 0. The topological polar surface area (TPSA) is 73.4 Å². The number of anilines is 1. The maximum atomic E-state index is 5.53. The van der Waals surface area contributed by atoms with Crippen LogP contribution in [-0.4, -0.2) is 55.4 Å². The van der Waals surface area contributed by atoms with E-state index >= 15 is 0 Å². The highest BCUT2D eigenvalue weighted by molar-refractivity contribution is 5.92. The largest absolute Gasteiger partial charge is 0.378 e. The van der Waals surface area contributed by atoms with Crippen LogP contribution in [0, 0.1) is 6.92 Å². The van der Waals surface area contributed by atoms with E-state index in [9.17, 15) is 0 Å². The van der Waals surface area contributed by atoms with Crippen LogP contribution in [0.25, 0.3) is 27.6 Å². The quantitative estimate of drug-likeness (QED) is 0.451. The lowest BCUT2D eigenvalue weighted by Crippen LogP contribution is -2.38. The van der Waals surface area contributed by atoms with E-state index in [0.717, 1.165) is 71.2 Å². The summed E-state index contributed by atoms with van der Waals surface area (Å²) in [6, 6.07) is 16.4. The predicted molar refractivity (Wildman–Crippen MR) is 119 cm³/mol. The normalized spacial score (nSPS) is 14.8. The summed E-state index contributed by atoms with van der Waals surface area (Å²) in [5.74, 6) is 2.65. The van der Waals surface area contributed by atoms with E-state index < -0.39 is 0 Å². The Bertz CT molecular complexity index is 1400. The van der Waals surface area contributed by atoms with Gasteiger partial charge in [0.2, 0.25) is 5.95 Å². The number of aromatic nitrogens is 6. The molecule has 0 N–H and O–H groups in total. The first-order valence-corrected chi connectivity index (χ1v) is 10.7. The van der Waals surface area contributed by atoms with E-state index in [0.29, 0.717) is 13.2 Å². The number of morpholine rings is 1. The highest BCUT2D eigenvalue weighted by Crippen LogP contribution is 2.24. The van der Waals surface area contributed by atoms with E-state index in [4.69, 9.17) is 19.8 Å². The molecule has 2 aromatic carbocycles. The average Bonchev–Trinajstić information content (AvgIpc) is 3.38. The molecule has 0 radical (unpaired) electrons. The predicted octanol–water partition coefficient (Wildman–Crippen LogP) is 3.01. The van der Waals surface area contributed by atoms with Crippen LogP contribution in [0.1, 0.15) is 11.6 Å². The van der Waals surface area contributed by atoms with Crippen LogP contribution in [-0.2, 0) is 17.7 Å². The van der Waals surface area contributed by atoms with E-state index in [1.807, 2.05) is 35.7 Å². The minimum absolute atomic E-state index is 0.699. The molecule has 31 heavy (non-hydrogen) atoms. The zero-order chi connectivity index (χ0) is 20.8. The third-order valence-electron chi connectivity index (χ3n) is 5.90. The smallest absolute Gasteiger partial charge is 0.229 e. The summed E-state index contributed by atoms with van der Waals surface area (Å²) >= 11 is 0. The van der Waals surface area contributed by atoms with Crippen molar-refractivity contribution in [1.29, 1.82) is 0 Å². The second-order valence-electron chi connectivity index (χ2n) is 7.84. The third-order valence-corrected chi connectivity index (χ3v) is 5.90. The Hall–Kier alpha value is -3.52. The molecule has 0 atom stereocenters. The Kier molecular flexibility index (Phi) is 4.31. The van der Waals surface area contributed by atoms with Crippen LogP contribution in [0.2, 0.25) is 0 Å². The van der Waals surface area contributed by atoms with Crippen LogP contribution in [0.15, 0.2) is 48.5 Å². The van der Waals surface area contributed by atoms with Crippen LogP contribution in [0.5, 0.6) is 0 Å². The van der Waals surface area contributed by atoms with Crippen LogP contribution in [0.3, 0.4) is 0 Å². The summed E-state index contributed by atoms with van der Waals surface area (Å²) in [5, 5.41) is 5.89. The Morgan fingerprint density at radius 3 is 2.55 bits per heavy atom. The molecule has 4 heterocycles. The number of hydrogen-bond acceptors (Lipinski definition) is 6. The Morgan fingerprint density at radius 2 is 1.68 bits per heavy atom. The van der Waals surface area contributed by atoms with Gasteiger partial charge in [0.15, 0.2) is 11.5 Å². The number of ether oxygens (including phenoxy) is 1. The molecule has 1 fully saturated rings. The van der Waals surface area contributed by atoms with Gasteiger partial charge in [0.1, 0.15) is 5.82 Å². The highest BCUT2D eigenvalue weighted by atomic mass is 16.5. The fraction of sp³-hybridized carbons (Fsp3) is 0.304. The van der Waals surface area contributed by atoms with Crippen molar-refractivity contribution in [1.82, 2.24) is 29.1 Å². The van der Waals surface area contributed by atoms with Gasteiger partial charge in [0.05, 0.1) is 29.8 Å². The van der Waals surface area contributed by atoms with Crippen LogP contribution in [0.4, 0.5) is 5.95 Å². The molecule has 3 aromatic heterocycles. The van der Waals surface area contributed by atoms with E-state index in [1.165, 1.54) is 0 Å². The summed E-state index contributed by atoms with van der Waals surface area (Å²) in [4.78, 5) is 16.8. The Labute approximate surface area is 179 Å². The Morgan fingerprint density at radius 1 is 0.903 bits per heavy atom. The molecule has 0 aliphatic carbocycles. The maximum Gasteiger partial charge on any atom is 0.229 e. The van der Waals surface area contributed by atoms with Crippen molar-refractivity contribution in [2.45, 2.75) is 19.9 Å². The van der Waals surface area contributed by atoms with Crippen molar-refractivity contribution in [3.8, 4) is 0 Å². The van der Waals surface area contributed by atoms with Gasteiger partial charge in [-0.1, -0.05) is 24.3 Å². The van der Waals surface area contributed by atoms with Gasteiger partial charge in [-0.2, -0.15) is 4.52 Å². The van der Waals surface area contributed by atoms with Crippen LogP contribution < -0.4 is 4.90 Å². The molecule has 5 aromatic rings. The second-order valence-corrected chi connectivity index (χ2v) is 7.84. The molecule has 8 heteroatoms. The van der Waals surface area contributed by atoms with Gasteiger partial charge in [-0.25, -0.2) is 15.0 Å². The van der Waals surface area contributed by atoms with Crippen molar-refractivity contribution in [3.63, 3.8) is 0 Å². The number of imidazole rings is 1. The molecule has 0 bridgehead atoms. The van der Waals surface area contributed by atoms with Gasteiger partial charge in [-0.15, -0.1) is 5.10 Å². The van der Waals surface area contributed by atoms with E-state index in [2.05, 4.69) is 38.7 Å². The molecular formula is C23H23N7O. The number of para-hydroxylation sites is 3. The molecule has 1 saturated heterocycles. The van der Waals surface area contributed by atoms with Crippen molar-refractivity contribution in [3.05, 3.63) is 60.2 Å². The lowest BCUT2D eigenvalue weighted by atomic mass is 10.2. The van der Waals surface area contributed by atoms with Gasteiger partial charge in [-0.3, -0.25) is 0 Å². The lowest BCUT2D eigenvalue weighted by molar-refractivity contribution is 0.122. The SMILES string of the molecule is Cc1nc2ccccc2n1CCc1nc2c3ccccc3nc(N3CCOCC3)n2n1. The summed E-state index contributed by atoms with van der Waals surface area (Å²) in [6.45, 7) is 5.83. The minimum atomic E-state index is 0.699. The van der Waals surface area contributed by atoms with Gasteiger partial charge in [0, 0.05) is 31.4 Å². The first kappa shape index (κ1) is 18.3. The van der Waals surface area contributed by atoms with Gasteiger partial charge in [-0.05, 0) is 31.2 Å². The molecule has 0 amide bonds. The zero-order valence-electron chi connectivity index (χ0n) is 17.4. The highest BCUT2D eigenvalue weighted by Gasteiger charge is 2.20. The summed E-state index contributed by atoms with van der Waals surface area (Å²) < 4.78 is 9.67. The second kappa shape index (κ2) is 7.31. The zero-order valence-corrected chi connectivity index (χ0v) is 17.4. The molecular weight excluding hydrogens is 390 g/mol. The number of hydrogen-bond donors (Lipinski definition) is 0. The number of nitrogens with zero attached hydrogens (tertiary/aromatic N) is 7. The Balaban J connectivity index is 1.41. The average molecular weight is 413 g/mol. The van der Waals surface area contributed by atoms with Crippen molar-refractivity contribution in [2.24, 2.45) is 0 Å². The molecule has 0 unspecified atom stereocenters.